The molecule has 0 N–H and O–H groups in total. The second-order valence-electron chi connectivity index (χ2n) is 8.65. The van der Waals surface area contributed by atoms with Crippen LogP contribution in [0.4, 0.5) is 0 Å². The van der Waals surface area contributed by atoms with Crippen molar-refractivity contribution in [3.8, 4) is 11.5 Å². The van der Waals surface area contributed by atoms with Crippen molar-refractivity contribution in [1.29, 1.82) is 0 Å². The lowest BCUT2D eigenvalue weighted by molar-refractivity contribution is -0.137. The molecule has 3 heterocycles. The average Bonchev–Trinajstić information content (AvgIpc) is 3.32. The molecule has 0 radical (unpaired) electrons. The van der Waals surface area contributed by atoms with Gasteiger partial charge < -0.3 is 14.4 Å². The number of hydrogen-bond acceptors (Lipinski definition) is 6. The minimum absolute atomic E-state index is 0.111. The van der Waals surface area contributed by atoms with Gasteiger partial charge in [-0.05, 0) is 37.1 Å². The number of benzene rings is 2. The minimum atomic E-state index is -3.67. The highest BCUT2D eigenvalue weighted by molar-refractivity contribution is 7.89. The number of hydrogen-bond donors (Lipinski definition) is 0. The van der Waals surface area contributed by atoms with Crippen LogP contribution in [0.5, 0.6) is 11.5 Å². The first-order valence-electron chi connectivity index (χ1n) is 11.5. The number of sulfonamides is 1. The van der Waals surface area contributed by atoms with E-state index in [9.17, 15) is 13.2 Å². The van der Waals surface area contributed by atoms with E-state index in [4.69, 9.17) is 9.47 Å². The SMILES string of the molecule is O=C(C1CCCN1Cc1ccccc1)N1CCN(S(=O)(=O)c2ccc3c(c2)OCCO3)CC1. The van der Waals surface area contributed by atoms with Gasteiger partial charge in [0.15, 0.2) is 11.5 Å². The van der Waals surface area contributed by atoms with Crippen LogP contribution in [0.15, 0.2) is 53.4 Å². The van der Waals surface area contributed by atoms with Gasteiger partial charge in [-0.1, -0.05) is 30.3 Å². The van der Waals surface area contributed by atoms with Crippen molar-refractivity contribution < 1.29 is 22.7 Å². The molecule has 0 saturated carbocycles. The normalized spacial score (nSPS) is 21.8. The fraction of sp³-hybridized carbons (Fsp3) is 0.458. The molecule has 9 heteroatoms. The van der Waals surface area contributed by atoms with Gasteiger partial charge in [-0.15, -0.1) is 0 Å². The van der Waals surface area contributed by atoms with Gasteiger partial charge in [0.25, 0.3) is 0 Å². The Bertz CT molecular complexity index is 1100. The van der Waals surface area contributed by atoms with Crippen LogP contribution in [0.25, 0.3) is 0 Å². The van der Waals surface area contributed by atoms with Crippen molar-refractivity contribution in [2.75, 3.05) is 45.9 Å². The molecule has 1 atom stereocenters. The van der Waals surface area contributed by atoms with E-state index in [0.717, 1.165) is 25.9 Å². The number of fused-ring (bicyclic) bond motifs is 1. The van der Waals surface area contributed by atoms with Crippen molar-refractivity contribution in [2.45, 2.75) is 30.3 Å². The molecule has 0 aromatic heterocycles. The summed E-state index contributed by atoms with van der Waals surface area (Å²) in [5.41, 5.74) is 1.20. The second kappa shape index (κ2) is 9.32. The molecule has 5 rings (SSSR count). The third-order valence-electron chi connectivity index (χ3n) is 6.58. The highest BCUT2D eigenvalue weighted by atomic mass is 32.2. The van der Waals surface area contributed by atoms with Gasteiger partial charge in [0.2, 0.25) is 15.9 Å². The first-order chi connectivity index (χ1) is 16.0. The maximum absolute atomic E-state index is 13.3. The third kappa shape index (κ3) is 4.58. The monoisotopic (exact) mass is 471 g/mol. The van der Waals surface area contributed by atoms with Crippen LogP contribution in [-0.4, -0.2) is 80.4 Å². The molecule has 3 aliphatic rings. The summed E-state index contributed by atoms with van der Waals surface area (Å²) in [6.45, 7) is 3.90. The topological polar surface area (TPSA) is 79.4 Å². The van der Waals surface area contributed by atoms with Crippen LogP contribution >= 0.6 is 0 Å². The largest absolute Gasteiger partial charge is 0.486 e. The number of ether oxygens (including phenoxy) is 2. The van der Waals surface area contributed by atoms with E-state index in [1.165, 1.54) is 15.9 Å². The standard InChI is InChI=1S/C24H29N3O5S/c28-24(21-7-4-10-26(21)18-19-5-2-1-3-6-19)25-11-13-27(14-12-25)33(29,30)20-8-9-22-23(17-20)32-16-15-31-22/h1-3,5-6,8-9,17,21H,4,7,10-16,18H2. The van der Waals surface area contributed by atoms with Crippen LogP contribution in [0.3, 0.4) is 0 Å². The first-order valence-corrected chi connectivity index (χ1v) is 12.9. The lowest BCUT2D eigenvalue weighted by Gasteiger charge is -2.37. The fourth-order valence-corrected chi connectivity index (χ4v) is 6.24. The quantitative estimate of drug-likeness (QED) is 0.663. The Kier molecular flexibility index (Phi) is 6.27. The number of carbonyl (C=O) groups excluding carboxylic acids is 1. The van der Waals surface area contributed by atoms with Crippen LogP contribution in [-0.2, 0) is 21.4 Å². The van der Waals surface area contributed by atoms with E-state index in [1.807, 2.05) is 23.1 Å². The summed E-state index contributed by atoms with van der Waals surface area (Å²) in [6.07, 6.45) is 1.85. The van der Waals surface area contributed by atoms with Crippen molar-refractivity contribution in [3.05, 3.63) is 54.1 Å². The zero-order valence-electron chi connectivity index (χ0n) is 18.6. The number of amides is 1. The molecule has 0 bridgehead atoms. The van der Waals surface area contributed by atoms with Gasteiger partial charge in [0.05, 0.1) is 10.9 Å². The van der Waals surface area contributed by atoms with Gasteiger partial charge >= 0.3 is 0 Å². The van der Waals surface area contributed by atoms with E-state index in [0.29, 0.717) is 37.8 Å². The molecular weight excluding hydrogens is 442 g/mol. The van der Waals surface area contributed by atoms with Crippen LogP contribution < -0.4 is 9.47 Å². The van der Waals surface area contributed by atoms with Crippen molar-refractivity contribution >= 4 is 15.9 Å². The van der Waals surface area contributed by atoms with E-state index < -0.39 is 10.0 Å². The highest BCUT2D eigenvalue weighted by Gasteiger charge is 2.37. The van der Waals surface area contributed by atoms with Crippen molar-refractivity contribution in [2.24, 2.45) is 0 Å². The van der Waals surface area contributed by atoms with Gasteiger partial charge in [0.1, 0.15) is 13.2 Å². The zero-order chi connectivity index (χ0) is 22.8. The van der Waals surface area contributed by atoms with Gasteiger partial charge in [0, 0.05) is 38.8 Å². The Morgan fingerprint density at radius 1 is 0.909 bits per heavy atom. The van der Waals surface area contributed by atoms with Crippen LogP contribution in [0.1, 0.15) is 18.4 Å². The van der Waals surface area contributed by atoms with Gasteiger partial charge in [-0.3, -0.25) is 9.69 Å². The molecule has 0 spiro atoms. The highest BCUT2D eigenvalue weighted by Crippen LogP contribution is 2.33. The van der Waals surface area contributed by atoms with E-state index in [2.05, 4.69) is 17.0 Å². The second-order valence-corrected chi connectivity index (χ2v) is 10.6. The molecule has 2 saturated heterocycles. The molecule has 3 aliphatic heterocycles. The molecule has 2 aromatic rings. The molecule has 1 amide bonds. The lowest BCUT2D eigenvalue weighted by Crippen LogP contribution is -2.54. The van der Waals surface area contributed by atoms with Crippen molar-refractivity contribution in [1.82, 2.24) is 14.1 Å². The summed E-state index contributed by atoms with van der Waals surface area (Å²) in [4.78, 5) is 17.5. The Morgan fingerprint density at radius 3 is 2.39 bits per heavy atom. The summed E-state index contributed by atoms with van der Waals surface area (Å²) in [6, 6.07) is 14.8. The molecule has 2 aromatic carbocycles. The zero-order valence-corrected chi connectivity index (χ0v) is 19.4. The van der Waals surface area contributed by atoms with E-state index in [1.54, 1.807) is 12.1 Å². The van der Waals surface area contributed by atoms with Gasteiger partial charge in [-0.25, -0.2) is 8.42 Å². The maximum Gasteiger partial charge on any atom is 0.243 e. The molecule has 176 valence electrons. The summed E-state index contributed by atoms with van der Waals surface area (Å²) < 4.78 is 38.8. The Labute approximate surface area is 194 Å². The lowest BCUT2D eigenvalue weighted by atomic mass is 10.1. The molecule has 1 unspecified atom stereocenters. The number of rotatable bonds is 5. The third-order valence-corrected chi connectivity index (χ3v) is 8.47. The Hall–Kier alpha value is -2.62. The summed E-state index contributed by atoms with van der Waals surface area (Å²) in [5.74, 6) is 1.13. The number of likely N-dealkylation sites (tertiary alicyclic amines) is 1. The summed E-state index contributed by atoms with van der Waals surface area (Å²) >= 11 is 0. The maximum atomic E-state index is 13.3. The van der Waals surface area contributed by atoms with Crippen LogP contribution in [0, 0.1) is 0 Å². The Balaban J connectivity index is 1.22. The summed E-state index contributed by atoms with van der Waals surface area (Å²) in [5, 5.41) is 0. The van der Waals surface area contributed by atoms with Crippen molar-refractivity contribution in [3.63, 3.8) is 0 Å². The molecular formula is C24H29N3O5S. The average molecular weight is 472 g/mol. The van der Waals surface area contributed by atoms with Gasteiger partial charge in [-0.2, -0.15) is 4.31 Å². The van der Waals surface area contributed by atoms with Crippen LogP contribution in [0.2, 0.25) is 0 Å². The summed E-state index contributed by atoms with van der Waals surface area (Å²) in [7, 11) is -3.67. The minimum Gasteiger partial charge on any atom is -0.486 e. The molecule has 2 fully saturated rings. The molecule has 8 nitrogen and oxygen atoms in total. The number of nitrogens with zero attached hydrogens (tertiary/aromatic N) is 3. The molecule has 33 heavy (non-hydrogen) atoms. The fourth-order valence-electron chi connectivity index (χ4n) is 4.81. The number of carbonyl (C=O) groups is 1. The molecule has 0 aliphatic carbocycles. The van der Waals surface area contributed by atoms with E-state index in [-0.39, 0.29) is 29.9 Å². The Morgan fingerprint density at radius 2 is 1.64 bits per heavy atom. The smallest absolute Gasteiger partial charge is 0.243 e. The predicted molar refractivity (Wildman–Crippen MR) is 123 cm³/mol. The predicted octanol–water partition coefficient (Wildman–Crippen LogP) is 1.96. The first kappa shape index (κ1) is 22.2. The number of piperazine rings is 1. The van der Waals surface area contributed by atoms with E-state index >= 15 is 0 Å².